The number of aromatic nitrogens is 1. The first kappa shape index (κ1) is 26.6. The SMILES string of the molecule is CCCCS(=O)(=O)ONC1=CCOc2c(ccc3c2c2cc(C(=O)c4ccccc4C)ccc2n3CC)C1=O. The van der Waals surface area contributed by atoms with E-state index in [0.29, 0.717) is 36.3 Å². The van der Waals surface area contributed by atoms with E-state index in [-0.39, 0.29) is 29.4 Å². The molecular weight excluding hydrogens is 516 g/mol. The highest BCUT2D eigenvalue weighted by Gasteiger charge is 2.27. The highest BCUT2D eigenvalue weighted by atomic mass is 32.2. The molecule has 9 heteroatoms. The lowest BCUT2D eigenvalue weighted by molar-refractivity contribution is 0.0991. The molecule has 0 atom stereocenters. The van der Waals surface area contributed by atoms with Crippen molar-refractivity contribution in [1.29, 1.82) is 0 Å². The first-order valence-corrected chi connectivity index (χ1v) is 14.6. The van der Waals surface area contributed by atoms with Crippen LogP contribution in [0.2, 0.25) is 0 Å². The molecule has 3 aromatic carbocycles. The zero-order valence-electron chi connectivity index (χ0n) is 22.1. The van der Waals surface area contributed by atoms with Gasteiger partial charge >= 0.3 is 0 Å². The molecule has 0 aliphatic carbocycles. The summed E-state index contributed by atoms with van der Waals surface area (Å²) in [7, 11) is -3.84. The van der Waals surface area contributed by atoms with E-state index in [4.69, 9.17) is 9.02 Å². The Hall–Kier alpha value is -3.95. The van der Waals surface area contributed by atoms with Crippen molar-refractivity contribution in [3.8, 4) is 5.75 Å². The van der Waals surface area contributed by atoms with Crippen molar-refractivity contribution in [3.05, 3.63) is 88.6 Å². The van der Waals surface area contributed by atoms with Crippen molar-refractivity contribution in [2.24, 2.45) is 0 Å². The number of ether oxygens (including phenoxy) is 1. The highest BCUT2D eigenvalue weighted by molar-refractivity contribution is 7.86. The molecule has 0 fully saturated rings. The molecule has 0 radical (unpaired) electrons. The van der Waals surface area contributed by atoms with Gasteiger partial charge in [-0.25, -0.2) is 5.48 Å². The summed E-state index contributed by atoms with van der Waals surface area (Å²) in [6, 6.07) is 16.6. The summed E-state index contributed by atoms with van der Waals surface area (Å²) < 4.78 is 37.4. The number of carbonyl (C=O) groups excluding carboxylic acids is 2. The molecule has 0 bridgehead atoms. The summed E-state index contributed by atoms with van der Waals surface area (Å²) >= 11 is 0. The Labute approximate surface area is 227 Å². The Kier molecular flexibility index (Phi) is 7.29. The molecule has 5 rings (SSSR count). The number of ketones is 2. The number of allylic oxidation sites excluding steroid dienone is 1. The Bertz CT molecular complexity index is 1750. The molecule has 1 aliphatic heterocycles. The number of unbranched alkanes of at least 4 members (excludes halogenated alkanes) is 1. The molecule has 0 saturated carbocycles. The van der Waals surface area contributed by atoms with Crippen LogP contribution in [0.1, 0.15) is 58.5 Å². The van der Waals surface area contributed by atoms with E-state index in [2.05, 4.69) is 10.0 Å². The lowest BCUT2D eigenvalue weighted by atomic mass is 9.97. The van der Waals surface area contributed by atoms with Crippen molar-refractivity contribution < 1.29 is 27.0 Å². The fourth-order valence-corrected chi connectivity index (χ4v) is 5.90. The second-order valence-electron chi connectivity index (χ2n) is 9.52. The maximum absolute atomic E-state index is 13.5. The molecule has 0 unspecified atom stereocenters. The van der Waals surface area contributed by atoms with Crippen molar-refractivity contribution in [2.75, 3.05) is 12.4 Å². The number of nitrogens with one attached hydrogen (secondary N) is 1. The third-order valence-corrected chi connectivity index (χ3v) is 8.11. The van der Waals surface area contributed by atoms with Crippen LogP contribution in [0.4, 0.5) is 0 Å². The minimum Gasteiger partial charge on any atom is -0.488 e. The maximum atomic E-state index is 13.5. The average molecular weight is 547 g/mol. The van der Waals surface area contributed by atoms with Gasteiger partial charge in [-0.15, -0.1) is 0 Å². The zero-order valence-corrected chi connectivity index (χ0v) is 22.9. The van der Waals surface area contributed by atoms with Gasteiger partial charge in [0.15, 0.2) is 5.78 Å². The van der Waals surface area contributed by atoms with Crippen molar-refractivity contribution in [2.45, 2.75) is 40.2 Å². The van der Waals surface area contributed by atoms with Gasteiger partial charge in [-0.05, 0) is 62.2 Å². The molecule has 2 heterocycles. The summed E-state index contributed by atoms with van der Waals surface area (Å²) in [4.78, 5) is 26.9. The highest BCUT2D eigenvalue weighted by Crippen LogP contribution is 2.40. The lowest BCUT2D eigenvalue weighted by Gasteiger charge is -2.11. The summed E-state index contributed by atoms with van der Waals surface area (Å²) in [5, 5.41) is 1.52. The fourth-order valence-electron chi connectivity index (χ4n) is 4.96. The standard InChI is InChI=1S/C30H30N2O6S/c1-4-6-17-39(35,36)38-31-24-15-16-37-30-22(29(24)34)12-14-26-27(30)23-18-20(11-13-25(23)32(26)5-2)28(33)21-10-8-7-9-19(21)3/h7-15,18,31H,4-6,16-17H2,1-3H3. The average Bonchev–Trinajstić information content (AvgIpc) is 3.16. The van der Waals surface area contributed by atoms with E-state index < -0.39 is 15.9 Å². The van der Waals surface area contributed by atoms with Crippen LogP contribution in [0.15, 0.2) is 66.4 Å². The van der Waals surface area contributed by atoms with E-state index >= 15 is 0 Å². The summed E-state index contributed by atoms with van der Waals surface area (Å²) in [6.07, 6.45) is 2.62. The second-order valence-corrected chi connectivity index (χ2v) is 11.2. The third kappa shape index (κ3) is 4.95. The molecule has 1 aliphatic rings. The van der Waals surface area contributed by atoms with Crippen molar-refractivity contribution >= 4 is 43.5 Å². The smallest absolute Gasteiger partial charge is 0.287 e. The maximum Gasteiger partial charge on any atom is 0.287 e. The van der Waals surface area contributed by atoms with Gasteiger partial charge in [0.25, 0.3) is 10.1 Å². The Balaban J connectivity index is 1.59. The van der Waals surface area contributed by atoms with E-state index in [1.807, 2.05) is 69.3 Å². The van der Waals surface area contributed by atoms with Gasteiger partial charge in [-0.1, -0.05) is 37.6 Å². The van der Waals surface area contributed by atoms with Crippen LogP contribution in [-0.2, 0) is 20.9 Å². The molecule has 8 nitrogen and oxygen atoms in total. The van der Waals surface area contributed by atoms with Gasteiger partial charge in [0.05, 0.1) is 22.2 Å². The van der Waals surface area contributed by atoms with Gasteiger partial charge < -0.3 is 9.30 Å². The number of Topliss-reactive ketones (excluding diaryl/α,β-unsaturated/α-hetero) is 1. The van der Waals surface area contributed by atoms with Crippen molar-refractivity contribution in [3.63, 3.8) is 0 Å². The zero-order chi connectivity index (χ0) is 27.7. The summed E-state index contributed by atoms with van der Waals surface area (Å²) in [5.41, 5.74) is 6.46. The van der Waals surface area contributed by atoms with Crippen LogP contribution in [-0.4, -0.2) is 36.9 Å². The number of aryl methyl sites for hydroxylation is 2. The Morgan fingerprint density at radius 3 is 2.59 bits per heavy atom. The predicted molar refractivity (Wildman–Crippen MR) is 151 cm³/mol. The minimum atomic E-state index is -3.84. The number of hydroxylamine groups is 1. The number of nitrogens with zero attached hydrogens (tertiary/aromatic N) is 1. The topological polar surface area (TPSA) is 104 Å². The molecule has 4 aromatic rings. The Morgan fingerprint density at radius 2 is 1.85 bits per heavy atom. The van der Waals surface area contributed by atoms with E-state index in [1.54, 1.807) is 6.07 Å². The third-order valence-electron chi connectivity index (χ3n) is 6.98. The van der Waals surface area contributed by atoms with Crippen molar-refractivity contribution in [1.82, 2.24) is 10.0 Å². The number of rotatable bonds is 9. The van der Waals surface area contributed by atoms with Crippen LogP contribution < -0.4 is 10.2 Å². The predicted octanol–water partition coefficient (Wildman–Crippen LogP) is 5.46. The normalized spacial score (nSPS) is 13.6. The number of hydrogen-bond donors (Lipinski definition) is 1. The van der Waals surface area contributed by atoms with Crippen LogP contribution >= 0.6 is 0 Å². The first-order chi connectivity index (χ1) is 18.8. The largest absolute Gasteiger partial charge is 0.488 e. The monoisotopic (exact) mass is 546 g/mol. The van der Waals surface area contributed by atoms with E-state index in [1.165, 1.54) is 6.08 Å². The second kappa shape index (κ2) is 10.7. The van der Waals surface area contributed by atoms with Crippen LogP contribution in [0.25, 0.3) is 21.8 Å². The van der Waals surface area contributed by atoms with Gasteiger partial charge in [0.2, 0.25) is 5.78 Å². The summed E-state index contributed by atoms with van der Waals surface area (Å²) in [5.74, 6) is -0.288. The van der Waals surface area contributed by atoms with Gasteiger partial charge in [0.1, 0.15) is 18.1 Å². The Morgan fingerprint density at radius 1 is 1.08 bits per heavy atom. The molecule has 0 saturated heterocycles. The van der Waals surface area contributed by atoms with Crippen LogP contribution in [0.5, 0.6) is 5.75 Å². The number of benzene rings is 3. The number of carbonyl (C=O) groups is 2. The van der Waals surface area contributed by atoms with Gasteiger partial charge in [-0.2, -0.15) is 12.7 Å². The van der Waals surface area contributed by atoms with Gasteiger partial charge in [-0.3, -0.25) is 9.59 Å². The minimum absolute atomic E-state index is 0.0113. The van der Waals surface area contributed by atoms with E-state index in [9.17, 15) is 18.0 Å². The molecule has 0 amide bonds. The molecule has 0 spiro atoms. The summed E-state index contributed by atoms with van der Waals surface area (Å²) in [6.45, 7) is 6.52. The molecule has 202 valence electrons. The number of fused-ring (bicyclic) bond motifs is 5. The lowest BCUT2D eigenvalue weighted by Crippen LogP contribution is -2.26. The molecular formula is C30H30N2O6S. The quantitative estimate of drug-likeness (QED) is 0.219. The number of hydrogen-bond acceptors (Lipinski definition) is 7. The fraction of sp³-hybridized carbons (Fsp3) is 0.267. The van der Waals surface area contributed by atoms with Crippen LogP contribution in [0.3, 0.4) is 0 Å². The molecule has 1 aromatic heterocycles. The van der Waals surface area contributed by atoms with Crippen LogP contribution in [0, 0.1) is 6.92 Å². The first-order valence-electron chi connectivity index (χ1n) is 13.0. The van der Waals surface area contributed by atoms with E-state index in [0.717, 1.165) is 27.4 Å². The van der Waals surface area contributed by atoms with Gasteiger partial charge in [0, 0.05) is 28.6 Å². The molecule has 1 N–H and O–H groups in total. The molecule has 39 heavy (non-hydrogen) atoms.